The molecule has 1 aromatic carbocycles. The first-order chi connectivity index (χ1) is 20.9. The molecule has 2 amide bonds. The summed E-state index contributed by atoms with van der Waals surface area (Å²) in [6, 6.07) is 6.78. The van der Waals surface area contributed by atoms with E-state index in [1.54, 1.807) is 18.0 Å². The maximum Gasteiger partial charge on any atom is 0.407 e. The molecule has 236 valence electrons. The van der Waals surface area contributed by atoms with Crippen molar-refractivity contribution in [3.8, 4) is 5.69 Å². The van der Waals surface area contributed by atoms with Crippen LogP contribution in [0.15, 0.2) is 42.9 Å². The number of rotatable bonds is 7. The largest absolute Gasteiger partial charge is 0.444 e. The highest BCUT2D eigenvalue weighted by molar-refractivity contribution is 5.99. The lowest BCUT2D eigenvalue weighted by Gasteiger charge is -2.38. The molecule has 2 aliphatic carbocycles. The number of alkyl carbamates (subject to hydrolysis) is 1. The number of nitrogens with zero attached hydrogens (tertiary/aromatic N) is 4. The van der Waals surface area contributed by atoms with Crippen molar-refractivity contribution in [1.82, 2.24) is 24.7 Å². The van der Waals surface area contributed by atoms with E-state index >= 15 is 0 Å². The minimum Gasteiger partial charge on any atom is -0.444 e. The molecule has 9 heteroatoms. The Balaban J connectivity index is 1.12. The molecule has 0 spiro atoms. The SMILES string of the molecule is CC(C)N(C)C(=O)c1cc(F)ccc1-n1cc(C2CC3CN(C[C@H]4C[C@H](NC(=O)OC(C)(C)C)C4)CC3C2)c2ccncc21. The average molecular weight is 604 g/mol. The summed E-state index contributed by atoms with van der Waals surface area (Å²) in [5, 5.41) is 4.17. The minimum absolute atomic E-state index is 0.00524. The number of aromatic nitrogens is 2. The lowest BCUT2D eigenvalue weighted by molar-refractivity contribution is 0.0437. The molecular weight excluding hydrogens is 557 g/mol. The number of likely N-dealkylation sites (tertiary alicyclic amines) is 1. The lowest BCUT2D eigenvalue weighted by Crippen LogP contribution is -2.48. The third-order valence-corrected chi connectivity index (χ3v) is 9.92. The Hall–Kier alpha value is -3.46. The Labute approximate surface area is 259 Å². The molecule has 3 aliphatic rings. The van der Waals surface area contributed by atoms with Crippen molar-refractivity contribution >= 4 is 22.9 Å². The van der Waals surface area contributed by atoms with E-state index in [1.807, 2.05) is 51.6 Å². The van der Waals surface area contributed by atoms with Crippen molar-refractivity contribution in [1.29, 1.82) is 0 Å². The number of pyridine rings is 1. The van der Waals surface area contributed by atoms with Crippen molar-refractivity contribution < 1.29 is 18.7 Å². The topological polar surface area (TPSA) is 79.7 Å². The lowest BCUT2D eigenvalue weighted by atomic mass is 9.80. The van der Waals surface area contributed by atoms with Crippen molar-refractivity contribution in [2.24, 2.45) is 17.8 Å². The highest BCUT2D eigenvalue weighted by atomic mass is 19.1. The predicted octanol–water partition coefficient (Wildman–Crippen LogP) is 6.37. The Kier molecular flexibility index (Phi) is 8.20. The van der Waals surface area contributed by atoms with E-state index in [0.29, 0.717) is 34.9 Å². The van der Waals surface area contributed by atoms with Crippen LogP contribution < -0.4 is 5.32 Å². The molecule has 6 rings (SSSR count). The van der Waals surface area contributed by atoms with Gasteiger partial charge in [0.05, 0.1) is 23.0 Å². The van der Waals surface area contributed by atoms with Gasteiger partial charge in [-0.15, -0.1) is 0 Å². The number of carbonyl (C=O) groups excluding carboxylic acids is 2. The molecule has 1 N–H and O–H groups in total. The van der Waals surface area contributed by atoms with Crippen molar-refractivity contribution in [2.45, 2.75) is 83.9 Å². The summed E-state index contributed by atoms with van der Waals surface area (Å²) >= 11 is 0. The quantitative estimate of drug-likeness (QED) is 0.339. The molecule has 8 nitrogen and oxygen atoms in total. The van der Waals surface area contributed by atoms with Gasteiger partial charge in [0.25, 0.3) is 5.91 Å². The summed E-state index contributed by atoms with van der Waals surface area (Å²) in [5.74, 6) is 1.77. The van der Waals surface area contributed by atoms with Crippen molar-refractivity contribution in [2.75, 3.05) is 26.7 Å². The summed E-state index contributed by atoms with van der Waals surface area (Å²) in [5.41, 5.74) is 2.79. The summed E-state index contributed by atoms with van der Waals surface area (Å²) in [4.78, 5) is 34.2. The zero-order valence-electron chi connectivity index (χ0n) is 26.8. The number of fused-ring (bicyclic) bond motifs is 2. The predicted molar refractivity (Wildman–Crippen MR) is 170 cm³/mol. The number of benzene rings is 1. The van der Waals surface area contributed by atoms with Crippen LogP contribution in [0, 0.1) is 23.6 Å². The van der Waals surface area contributed by atoms with Gasteiger partial charge in [0.15, 0.2) is 0 Å². The molecular formula is C35H46FN5O3. The number of hydrogen-bond donors (Lipinski definition) is 1. The molecule has 1 saturated heterocycles. The molecule has 44 heavy (non-hydrogen) atoms. The molecule has 1 aliphatic heterocycles. The van der Waals surface area contributed by atoms with E-state index in [-0.39, 0.29) is 24.1 Å². The molecule has 2 unspecified atom stereocenters. The minimum atomic E-state index is -0.475. The summed E-state index contributed by atoms with van der Waals surface area (Å²) in [7, 11) is 1.76. The van der Waals surface area contributed by atoms with Crippen LogP contribution in [0.1, 0.15) is 82.1 Å². The molecule has 0 bridgehead atoms. The first-order valence-electron chi connectivity index (χ1n) is 16.1. The van der Waals surface area contributed by atoms with Gasteiger partial charge in [-0.3, -0.25) is 9.78 Å². The number of nitrogens with one attached hydrogen (secondary N) is 1. The van der Waals surface area contributed by atoms with E-state index in [0.717, 1.165) is 56.2 Å². The van der Waals surface area contributed by atoms with E-state index in [1.165, 1.54) is 17.7 Å². The van der Waals surface area contributed by atoms with E-state index in [2.05, 4.69) is 27.5 Å². The molecule has 2 atom stereocenters. The molecule has 0 radical (unpaired) electrons. The Morgan fingerprint density at radius 2 is 1.82 bits per heavy atom. The first-order valence-corrected chi connectivity index (χ1v) is 16.1. The van der Waals surface area contributed by atoms with Crippen LogP contribution in [0.3, 0.4) is 0 Å². The number of halogens is 1. The second kappa shape index (κ2) is 11.8. The van der Waals surface area contributed by atoms with Crippen LogP contribution in [0.5, 0.6) is 0 Å². The number of hydrogen-bond acceptors (Lipinski definition) is 5. The number of amides is 2. The van der Waals surface area contributed by atoms with Crippen molar-refractivity contribution in [3.63, 3.8) is 0 Å². The van der Waals surface area contributed by atoms with Crippen LogP contribution in [0.4, 0.5) is 9.18 Å². The monoisotopic (exact) mass is 603 g/mol. The van der Waals surface area contributed by atoms with Gasteiger partial charge in [-0.2, -0.15) is 0 Å². The zero-order chi connectivity index (χ0) is 31.3. The fourth-order valence-corrected chi connectivity index (χ4v) is 7.58. The van der Waals surface area contributed by atoms with Gasteiger partial charge in [0.2, 0.25) is 0 Å². The molecule has 3 fully saturated rings. The summed E-state index contributed by atoms with van der Waals surface area (Å²) in [6.45, 7) is 12.9. The van der Waals surface area contributed by atoms with Crippen LogP contribution in [0.25, 0.3) is 16.6 Å². The van der Waals surface area contributed by atoms with Crippen LogP contribution in [-0.2, 0) is 4.74 Å². The van der Waals surface area contributed by atoms with Gasteiger partial charge in [0.1, 0.15) is 11.4 Å². The van der Waals surface area contributed by atoms with Crippen LogP contribution in [-0.4, -0.2) is 75.7 Å². The fraction of sp³-hybridized carbons (Fsp3) is 0.571. The third kappa shape index (κ3) is 6.21. The molecule has 3 aromatic rings. The van der Waals surface area contributed by atoms with E-state index in [4.69, 9.17) is 4.74 Å². The number of ether oxygens (including phenoxy) is 1. The van der Waals surface area contributed by atoms with Gasteiger partial charge < -0.3 is 24.4 Å². The highest BCUT2D eigenvalue weighted by Gasteiger charge is 2.43. The molecule has 2 aromatic heterocycles. The van der Waals surface area contributed by atoms with Gasteiger partial charge in [0, 0.05) is 56.5 Å². The van der Waals surface area contributed by atoms with Gasteiger partial charge in [-0.1, -0.05) is 0 Å². The average Bonchev–Trinajstić information content (AvgIpc) is 3.61. The zero-order valence-corrected chi connectivity index (χ0v) is 26.8. The van der Waals surface area contributed by atoms with Crippen molar-refractivity contribution in [3.05, 3.63) is 59.8 Å². The summed E-state index contributed by atoms with van der Waals surface area (Å²) in [6.07, 6.45) is 9.85. The van der Waals surface area contributed by atoms with Gasteiger partial charge in [-0.25, -0.2) is 9.18 Å². The molecule has 2 saturated carbocycles. The second-order valence-corrected chi connectivity index (χ2v) is 14.6. The highest BCUT2D eigenvalue weighted by Crippen LogP contribution is 2.48. The first kappa shape index (κ1) is 30.6. The number of carbonyl (C=O) groups is 2. The van der Waals surface area contributed by atoms with E-state index in [9.17, 15) is 14.0 Å². The van der Waals surface area contributed by atoms with Crippen LogP contribution in [0.2, 0.25) is 0 Å². The maximum atomic E-state index is 14.4. The Morgan fingerprint density at radius 3 is 2.48 bits per heavy atom. The van der Waals surface area contributed by atoms with Crippen LogP contribution >= 0.6 is 0 Å². The van der Waals surface area contributed by atoms with E-state index < -0.39 is 11.4 Å². The van der Waals surface area contributed by atoms with Gasteiger partial charge in [-0.05, 0) is 114 Å². The Morgan fingerprint density at radius 1 is 1.11 bits per heavy atom. The Bertz CT molecular complexity index is 1520. The standard InChI is InChI=1S/C35H46FN5O3/c1-21(2)39(6)33(42)29-15-26(36)7-8-31(29)41-20-30(28-9-10-37-16-32(28)41)23-13-24-18-40(19-25(24)14-23)17-22-11-27(12-22)38-34(43)44-35(3,4)5/h7-10,15-16,20-25,27H,11-14,17-19H2,1-6H3,(H,38,43)/t22-,23?,24?,25?,27-. The third-order valence-electron chi connectivity index (χ3n) is 9.92. The normalized spacial score (nSPS) is 25.2. The second-order valence-electron chi connectivity index (χ2n) is 14.6. The fourth-order valence-electron chi connectivity index (χ4n) is 7.58. The summed E-state index contributed by atoms with van der Waals surface area (Å²) < 4.78 is 21.9. The molecule has 3 heterocycles. The maximum absolute atomic E-state index is 14.4. The van der Waals surface area contributed by atoms with Gasteiger partial charge >= 0.3 is 6.09 Å². The smallest absolute Gasteiger partial charge is 0.407 e.